The molecule has 0 fully saturated rings. The third-order valence-corrected chi connectivity index (χ3v) is 2.02. The van der Waals surface area contributed by atoms with Crippen LogP contribution in [0.2, 0.25) is 0 Å². The van der Waals surface area contributed by atoms with Crippen LogP contribution < -0.4 is 10.4 Å². The van der Waals surface area contributed by atoms with E-state index in [1.54, 1.807) is 0 Å². The average Bonchev–Trinajstić information content (AvgIpc) is 2.06. The first-order chi connectivity index (χ1) is 5.38. The Kier molecular flexibility index (Phi) is 1.42. The summed E-state index contributed by atoms with van der Waals surface area (Å²) in [6.45, 7) is 0. The molecule has 0 amide bonds. The van der Waals surface area contributed by atoms with Crippen LogP contribution in [0.3, 0.4) is 0 Å². The number of benzene rings is 1. The summed E-state index contributed by atoms with van der Waals surface area (Å²) in [7, 11) is 0. The highest BCUT2D eigenvalue weighted by molar-refractivity contribution is 5.44. The lowest BCUT2D eigenvalue weighted by Gasteiger charge is -2.03. The lowest BCUT2D eigenvalue weighted by molar-refractivity contribution is 0.478. The Morgan fingerprint density at radius 3 is 2.82 bits per heavy atom. The third-order valence-electron chi connectivity index (χ3n) is 2.02. The Balaban J connectivity index is 2.89. The SMILES string of the molecule is OC1=c2ccccc2=CCC1. The number of rotatable bonds is 0. The number of aliphatic hydroxyl groups excluding tert-OH is 1. The van der Waals surface area contributed by atoms with Crippen molar-refractivity contribution in [2.45, 2.75) is 12.8 Å². The molecule has 0 unspecified atom stereocenters. The van der Waals surface area contributed by atoms with Crippen LogP contribution in [0.5, 0.6) is 0 Å². The van der Waals surface area contributed by atoms with Crippen molar-refractivity contribution >= 4 is 11.8 Å². The molecule has 0 radical (unpaired) electrons. The Labute approximate surface area is 65.3 Å². The van der Waals surface area contributed by atoms with E-state index in [-0.39, 0.29) is 0 Å². The van der Waals surface area contributed by atoms with Crippen LogP contribution in [0.4, 0.5) is 0 Å². The van der Waals surface area contributed by atoms with Crippen molar-refractivity contribution in [3.63, 3.8) is 0 Å². The molecule has 2 rings (SSSR count). The molecule has 0 atom stereocenters. The van der Waals surface area contributed by atoms with Gasteiger partial charge in [-0.05, 0) is 11.6 Å². The molecular weight excluding hydrogens is 136 g/mol. The van der Waals surface area contributed by atoms with Gasteiger partial charge in [0.2, 0.25) is 0 Å². The molecule has 0 aromatic heterocycles. The van der Waals surface area contributed by atoms with Crippen LogP contribution in [0, 0.1) is 0 Å². The zero-order valence-electron chi connectivity index (χ0n) is 6.25. The second-order valence-corrected chi connectivity index (χ2v) is 2.78. The van der Waals surface area contributed by atoms with E-state index in [1.807, 2.05) is 24.3 Å². The van der Waals surface area contributed by atoms with Gasteiger partial charge in [-0.2, -0.15) is 0 Å². The minimum atomic E-state index is 0.531. The summed E-state index contributed by atoms with van der Waals surface area (Å²) in [5.74, 6) is 0.531. The maximum atomic E-state index is 9.46. The summed E-state index contributed by atoms with van der Waals surface area (Å²) >= 11 is 0. The Hall–Kier alpha value is -1.24. The fraction of sp³-hybridized carbons (Fsp3) is 0.200. The standard InChI is InChI=1S/C10H10O/c11-10-7-3-5-8-4-1-2-6-9(8)10/h1-2,4-6,11H,3,7H2. The summed E-state index contributed by atoms with van der Waals surface area (Å²) in [5, 5.41) is 11.6. The minimum absolute atomic E-state index is 0.531. The van der Waals surface area contributed by atoms with Gasteiger partial charge < -0.3 is 5.11 Å². The lowest BCUT2D eigenvalue weighted by Crippen LogP contribution is -2.28. The first-order valence-electron chi connectivity index (χ1n) is 3.85. The van der Waals surface area contributed by atoms with E-state index in [1.165, 1.54) is 0 Å². The van der Waals surface area contributed by atoms with E-state index in [2.05, 4.69) is 6.08 Å². The molecule has 0 saturated heterocycles. The first kappa shape index (κ1) is 6.47. The van der Waals surface area contributed by atoms with Crippen LogP contribution in [-0.2, 0) is 0 Å². The maximum Gasteiger partial charge on any atom is 0.100 e. The summed E-state index contributed by atoms with van der Waals surface area (Å²) < 4.78 is 0. The van der Waals surface area contributed by atoms with Crippen molar-refractivity contribution < 1.29 is 5.11 Å². The molecule has 0 aliphatic heterocycles. The fourth-order valence-electron chi connectivity index (χ4n) is 1.44. The normalized spacial score (nSPS) is 15.5. The van der Waals surface area contributed by atoms with Gasteiger partial charge in [-0.25, -0.2) is 0 Å². The number of aliphatic hydroxyl groups is 1. The van der Waals surface area contributed by atoms with E-state index in [0.29, 0.717) is 5.76 Å². The molecule has 1 aliphatic rings. The Bertz CT molecular complexity index is 376. The number of fused-ring (bicyclic) bond motifs is 1. The maximum absolute atomic E-state index is 9.46. The molecule has 56 valence electrons. The summed E-state index contributed by atoms with van der Waals surface area (Å²) in [5.41, 5.74) is 0. The molecule has 11 heavy (non-hydrogen) atoms. The Morgan fingerprint density at radius 2 is 2.00 bits per heavy atom. The molecule has 0 heterocycles. The van der Waals surface area contributed by atoms with Crippen molar-refractivity contribution in [1.29, 1.82) is 0 Å². The van der Waals surface area contributed by atoms with Gasteiger partial charge in [0.05, 0.1) is 0 Å². The topological polar surface area (TPSA) is 20.2 Å². The average molecular weight is 146 g/mol. The monoisotopic (exact) mass is 146 g/mol. The molecule has 0 bridgehead atoms. The summed E-state index contributed by atoms with van der Waals surface area (Å²) in [6, 6.07) is 7.94. The van der Waals surface area contributed by atoms with Gasteiger partial charge in [-0.1, -0.05) is 30.3 Å². The molecule has 1 nitrogen and oxygen atoms in total. The van der Waals surface area contributed by atoms with Gasteiger partial charge in [-0.3, -0.25) is 0 Å². The van der Waals surface area contributed by atoms with E-state index >= 15 is 0 Å². The van der Waals surface area contributed by atoms with Crippen molar-refractivity contribution in [2.75, 3.05) is 0 Å². The largest absolute Gasteiger partial charge is 0.512 e. The smallest absolute Gasteiger partial charge is 0.100 e. The van der Waals surface area contributed by atoms with Gasteiger partial charge in [0.25, 0.3) is 0 Å². The van der Waals surface area contributed by atoms with Crippen LogP contribution in [0.15, 0.2) is 24.3 Å². The molecular formula is C10H10O. The first-order valence-corrected chi connectivity index (χ1v) is 3.85. The second-order valence-electron chi connectivity index (χ2n) is 2.78. The fourth-order valence-corrected chi connectivity index (χ4v) is 1.44. The molecule has 1 N–H and O–H groups in total. The summed E-state index contributed by atoms with van der Waals surface area (Å²) in [6.07, 6.45) is 3.91. The van der Waals surface area contributed by atoms with E-state index < -0.39 is 0 Å². The van der Waals surface area contributed by atoms with E-state index in [0.717, 1.165) is 23.3 Å². The van der Waals surface area contributed by atoms with Crippen molar-refractivity contribution in [3.05, 3.63) is 34.7 Å². The molecule has 1 aliphatic carbocycles. The van der Waals surface area contributed by atoms with E-state index in [4.69, 9.17) is 0 Å². The second kappa shape index (κ2) is 2.42. The highest BCUT2D eigenvalue weighted by atomic mass is 16.3. The van der Waals surface area contributed by atoms with Crippen molar-refractivity contribution in [1.82, 2.24) is 0 Å². The molecule has 1 aromatic rings. The predicted molar refractivity (Wildman–Crippen MR) is 45.4 cm³/mol. The Morgan fingerprint density at radius 1 is 1.18 bits per heavy atom. The van der Waals surface area contributed by atoms with Gasteiger partial charge in [-0.15, -0.1) is 0 Å². The quantitative estimate of drug-likeness (QED) is 0.577. The van der Waals surface area contributed by atoms with Gasteiger partial charge in [0, 0.05) is 11.6 Å². The van der Waals surface area contributed by atoms with E-state index in [9.17, 15) is 5.11 Å². The molecule has 1 heteroatoms. The lowest BCUT2D eigenvalue weighted by atomic mass is 10.1. The van der Waals surface area contributed by atoms with Crippen LogP contribution in [0.25, 0.3) is 11.8 Å². The van der Waals surface area contributed by atoms with Crippen molar-refractivity contribution in [2.24, 2.45) is 0 Å². The van der Waals surface area contributed by atoms with Crippen LogP contribution in [0.1, 0.15) is 12.8 Å². The third kappa shape index (κ3) is 1.03. The van der Waals surface area contributed by atoms with Gasteiger partial charge >= 0.3 is 0 Å². The number of hydrogen-bond acceptors (Lipinski definition) is 1. The number of hydrogen-bond donors (Lipinski definition) is 1. The highest BCUT2D eigenvalue weighted by Gasteiger charge is 1.99. The minimum Gasteiger partial charge on any atom is -0.512 e. The highest BCUT2D eigenvalue weighted by Crippen LogP contribution is 2.02. The molecule has 1 aromatic carbocycles. The van der Waals surface area contributed by atoms with Crippen molar-refractivity contribution in [3.8, 4) is 0 Å². The van der Waals surface area contributed by atoms with Crippen LogP contribution >= 0.6 is 0 Å². The summed E-state index contributed by atoms with van der Waals surface area (Å²) in [4.78, 5) is 0. The zero-order valence-corrected chi connectivity index (χ0v) is 6.25. The zero-order chi connectivity index (χ0) is 7.68. The van der Waals surface area contributed by atoms with Gasteiger partial charge in [0.15, 0.2) is 0 Å². The predicted octanol–water partition coefficient (Wildman–Crippen LogP) is 0.927. The molecule has 0 saturated carbocycles. The molecule has 0 spiro atoms. The van der Waals surface area contributed by atoms with Crippen LogP contribution in [-0.4, -0.2) is 5.11 Å². The van der Waals surface area contributed by atoms with Gasteiger partial charge in [0.1, 0.15) is 5.76 Å².